The summed E-state index contributed by atoms with van der Waals surface area (Å²) in [6.07, 6.45) is 1.80. The Labute approximate surface area is 125 Å². The second-order valence-corrected chi connectivity index (χ2v) is 5.38. The van der Waals surface area contributed by atoms with Crippen molar-refractivity contribution in [1.29, 1.82) is 0 Å². The zero-order chi connectivity index (χ0) is 15.5. The van der Waals surface area contributed by atoms with Crippen LogP contribution in [0.15, 0.2) is 24.3 Å². The van der Waals surface area contributed by atoms with Gasteiger partial charge in [0.1, 0.15) is 0 Å². The molecule has 2 amide bonds. The van der Waals surface area contributed by atoms with E-state index in [-0.39, 0.29) is 18.5 Å². The van der Waals surface area contributed by atoms with Crippen LogP contribution in [-0.2, 0) is 15.5 Å². The summed E-state index contributed by atoms with van der Waals surface area (Å²) in [5.74, 6) is -5.14. The Kier molecular flexibility index (Phi) is 4.77. The molecule has 21 heavy (non-hydrogen) atoms. The lowest BCUT2D eigenvalue weighted by molar-refractivity contribution is -0.147. The Bertz CT molecular complexity index is 534. The van der Waals surface area contributed by atoms with Gasteiger partial charge in [0.05, 0.1) is 0 Å². The van der Waals surface area contributed by atoms with E-state index in [0.717, 1.165) is 12.1 Å². The van der Waals surface area contributed by atoms with Crippen LogP contribution in [-0.4, -0.2) is 24.4 Å². The van der Waals surface area contributed by atoms with E-state index in [1.807, 2.05) is 0 Å². The summed E-state index contributed by atoms with van der Waals surface area (Å²) in [6, 6.07) is 4.55. The maximum Gasteiger partial charge on any atom is 0.349 e. The van der Waals surface area contributed by atoms with E-state index in [1.54, 1.807) is 0 Å². The van der Waals surface area contributed by atoms with Gasteiger partial charge >= 0.3 is 5.92 Å². The van der Waals surface area contributed by atoms with Gasteiger partial charge in [0.2, 0.25) is 5.91 Å². The minimum atomic E-state index is -3.64. The van der Waals surface area contributed by atoms with Crippen molar-refractivity contribution in [2.24, 2.45) is 0 Å². The van der Waals surface area contributed by atoms with Crippen molar-refractivity contribution in [3.05, 3.63) is 34.9 Å². The third-order valence-electron chi connectivity index (χ3n) is 3.32. The molecular formula is C14H15ClF2N2O2. The molecule has 1 aromatic rings. The Morgan fingerprint density at radius 2 is 2.05 bits per heavy atom. The first-order valence-electron chi connectivity index (χ1n) is 6.61. The first-order valence-corrected chi connectivity index (χ1v) is 6.99. The van der Waals surface area contributed by atoms with E-state index in [9.17, 15) is 18.4 Å². The number of alkyl halides is 2. The van der Waals surface area contributed by atoms with Crippen molar-refractivity contribution in [1.82, 2.24) is 10.6 Å². The molecule has 1 heterocycles. The molecule has 1 atom stereocenters. The number of halogens is 3. The fourth-order valence-electron chi connectivity index (χ4n) is 2.15. The van der Waals surface area contributed by atoms with Gasteiger partial charge in [-0.3, -0.25) is 9.59 Å². The monoisotopic (exact) mass is 316 g/mol. The number of nitrogens with one attached hydrogen (secondary N) is 2. The van der Waals surface area contributed by atoms with Gasteiger partial charge in [0, 0.05) is 29.6 Å². The maximum atomic E-state index is 14.0. The van der Waals surface area contributed by atoms with Gasteiger partial charge in [-0.25, -0.2) is 0 Å². The molecule has 0 aromatic heterocycles. The van der Waals surface area contributed by atoms with E-state index in [4.69, 9.17) is 11.6 Å². The SMILES string of the molecule is O=C1CCC[C@H](CNC(=O)C(F)(F)c2ccc(Cl)cc2)N1. The molecule has 0 spiro atoms. The summed E-state index contributed by atoms with van der Waals surface area (Å²) in [6.45, 7) is -0.00620. The molecule has 2 N–H and O–H groups in total. The second kappa shape index (κ2) is 6.39. The highest BCUT2D eigenvalue weighted by Crippen LogP contribution is 2.29. The average molecular weight is 317 g/mol. The van der Waals surface area contributed by atoms with Crippen LogP contribution in [0.1, 0.15) is 24.8 Å². The molecule has 0 radical (unpaired) electrons. The van der Waals surface area contributed by atoms with Gasteiger partial charge in [-0.05, 0) is 25.0 Å². The second-order valence-electron chi connectivity index (χ2n) is 4.95. The van der Waals surface area contributed by atoms with Crippen LogP contribution < -0.4 is 10.6 Å². The molecule has 0 aliphatic carbocycles. The number of hydrogen-bond donors (Lipinski definition) is 2. The quantitative estimate of drug-likeness (QED) is 0.895. The molecule has 4 nitrogen and oxygen atoms in total. The molecule has 1 aliphatic heterocycles. The van der Waals surface area contributed by atoms with Crippen LogP contribution >= 0.6 is 11.6 Å². The van der Waals surface area contributed by atoms with E-state index in [2.05, 4.69) is 10.6 Å². The highest BCUT2D eigenvalue weighted by Gasteiger charge is 2.40. The van der Waals surface area contributed by atoms with Gasteiger partial charge < -0.3 is 10.6 Å². The van der Waals surface area contributed by atoms with Gasteiger partial charge in [0.25, 0.3) is 5.91 Å². The zero-order valence-electron chi connectivity index (χ0n) is 11.2. The zero-order valence-corrected chi connectivity index (χ0v) is 11.9. The molecule has 114 valence electrons. The van der Waals surface area contributed by atoms with Crippen molar-refractivity contribution in [2.75, 3.05) is 6.54 Å². The van der Waals surface area contributed by atoms with Gasteiger partial charge in [-0.1, -0.05) is 23.7 Å². The first kappa shape index (κ1) is 15.7. The topological polar surface area (TPSA) is 58.2 Å². The van der Waals surface area contributed by atoms with Gasteiger partial charge in [0.15, 0.2) is 0 Å². The first-order chi connectivity index (χ1) is 9.89. The minimum absolute atomic E-state index is 0.00620. The third kappa shape index (κ3) is 3.91. The predicted octanol–water partition coefficient (Wildman–Crippen LogP) is 2.22. The molecule has 1 fully saturated rings. The fourth-order valence-corrected chi connectivity index (χ4v) is 2.28. The summed E-state index contributed by atoms with van der Waals surface area (Å²) in [5.41, 5.74) is -0.419. The van der Waals surface area contributed by atoms with Crippen LogP contribution in [0.4, 0.5) is 8.78 Å². The Morgan fingerprint density at radius 1 is 1.38 bits per heavy atom. The molecule has 0 bridgehead atoms. The van der Waals surface area contributed by atoms with Gasteiger partial charge in [-0.2, -0.15) is 8.78 Å². The van der Waals surface area contributed by atoms with E-state index in [0.29, 0.717) is 24.3 Å². The van der Waals surface area contributed by atoms with E-state index < -0.39 is 17.4 Å². The minimum Gasteiger partial charge on any atom is -0.352 e. The molecular weight excluding hydrogens is 302 g/mol. The molecule has 0 saturated carbocycles. The molecule has 1 aliphatic rings. The predicted molar refractivity (Wildman–Crippen MR) is 74.1 cm³/mol. The lowest BCUT2D eigenvalue weighted by Gasteiger charge is -2.24. The largest absolute Gasteiger partial charge is 0.352 e. The average Bonchev–Trinajstić information content (AvgIpc) is 2.45. The summed E-state index contributed by atoms with van der Waals surface area (Å²) in [4.78, 5) is 22.9. The summed E-state index contributed by atoms with van der Waals surface area (Å²) in [7, 11) is 0. The number of benzene rings is 1. The molecule has 1 aromatic carbocycles. The van der Waals surface area contributed by atoms with Crippen LogP contribution in [0, 0.1) is 0 Å². The van der Waals surface area contributed by atoms with Crippen molar-refractivity contribution in [3.8, 4) is 0 Å². The highest BCUT2D eigenvalue weighted by atomic mass is 35.5. The lowest BCUT2D eigenvalue weighted by Crippen LogP contribution is -2.48. The normalized spacial score (nSPS) is 19.0. The fraction of sp³-hybridized carbons (Fsp3) is 0.429. The van der Waals surface area contributed by atoms with Crippen molar-refractivity contribution >= 4 is 23.4 Å². The summed E-state index contributed by atoms with van der Waals surface area (Å²) in [5, 5.41) is 5.16. The smallest absolute Gasteiger partial charge is 0.349 e. The number of carbonyl (C=O) groups excluding carboxylic acids is 2. The summed E-state index contributed by atoms with van der Waals surface area (Å²) >= 11 is 5.63. The number of rotatable bonds is 4. The van der Waals surface area contributed by atoms with E-state index >= 15 is 0 Å². The Morgan fingerprint density at radius 3 is 2.67 bits per heavy atom. The van der Waals surface area contributed by atoms with Crippen LogP contribution in [0.2, 0.25) is 5.02 Å². The third-order valence-corrected chi connectivity index (χ3v) is 3.57. The number of amides is 2. The molecule has 7 heteroatoms. The van der Waals surface area contributed by atoms with E-state index in [1.165, 1.54) is 12.1 Å². The lowest BCUT2D eigenvalue weighted by atomic mass is 10.0. The van der Waals surface area contributed by atoms with Crippen molar-refractivity contribution in [3.63, 3.8) is 0 Å². The van der Waals surface area contributed by atoms with Crippen LogP contribution in [0.5, 0.6) is 0 Å². The van der Waals surface area contributed by atoms with Crippen LogP contribution in [0.3, 0.4) is 0 Å². The molecule has 0 unspecified atom stereocenters. The van der Waals surface area contributed by atoms with Crippen molar-refractivity contribution in [2.45, 2.75) is 31.2 Å². The standard InChI is InChI=1S/C14H15ClF2N2O2/c15-10-6-4-9(5-7-10)14(16,17)13(21)18-8-11-2-1-3-12(20)19-11/h4-7,11H,1-3,8H2,(H,18,21)(H,19,20)/t11-/m1/s1. The maximum absolute atomic E-state index is 14.0. The Balaban J connectivity index is 1.95. The molecule has 2 rings (SSSR count). The number of carbonyl (C=O) groups is 2. The van der Waals surface area contributed by atoms with Crippen LogP contribution in [0.25, 0.3) is 0 Å². The highest BCUT2D eigenvalue weighted by molar-refractivity contribution is 6.30. The molecule has 1 saturated heterocycles. The number of hydrogen-bond acceptors (Lipinski definition) is 2. The number of piperidine rings is 1. The summed E-state index contributed by atoms with van der Waals surface area (Å²) < 4.78 is 27.9. The Hall–Kier alpha value is -1.69. The van der Waals surface area contributed by atoms with Gasteiger partial charge in [-0.15, -0.1) is 0 Å². The van der Waals surface area contributed by atoms with Crippen molar-refractivity contribution < 1.29 is 18.4 Å².